The Hall–Kier alpha value is -2.11. The summed E-state index contributed by atoms with van der Waals surface area (Å²) < 4.78 is 2.02. The molecule has 1 aliphatic carbocycles. The first-order valence-corrected chi connectivity index (χ1v) is 7.07. The quantitative estimate of drug-likeness (QED) is 0.502. The number of rotatable bonds is 5. The van der Waals surface area contributed by atoms with Crippen LogP contribution >= 0.6 is 0 Å². The Morgan fingerprint density at radius 3 is 3.10 bits per heavy atom. The monoisotopic (exact) mass is 272 g/mol. The molecule has 0 radical (unpaired) electrons. The highest BCUT2D eigenvalue weighted by atomic mass is 15.3. The van der Waals surface area contributed by atoms with Gasteiger partial charge in [-0.2, -0.15) is 0 Å². The van der Waals surface area contributed by atoms with Gasteiger partial charge in [0.2, 0.25) is 0 Å². The molecule has 2 N–H and O–H groups in total. The van der Waals surface area contributed by atoms with Crippen molar-refractivity contribution < 1.29 is 0 Å². The molecule has 106 valence electrons. The molecule has 0 bridgehead atoms. The van der Waals surface area contributed by atoms with Gasteiger partial charge < -0.3 is 10.6 Å². The van der Waals surface area contributed by atoms with Gasteiger partial charge in [-0.05, 0) is 31.4 Å². The molecule has 1 aliphatic rings. The predicted molar refractivity (Wildman–Crippen MR) is 78.6 cm³/mol. The molecule has 0 saturated heterocycles. The summed E-state index contributed by atoms with van der Waals surface area (Å²) in [5.41, 5.74) is 6.84. The minimum atomic E-state index is 0.610. The second-order valence-electron chi connectivity index (χ2n) is 5.23. The van der Waals surface area contributed by atoms with Crippen molar-refractivity contribution in [3.63, 3.8) is 0 Å². The van der Waals surface area contributed by atoms with E-state index in [-0.39, 0.29) is 0 Å². The van der Waals surface area contributed by atoms with Gasteiger partial charge in [-0.15, -0.1) is 10.2 Å². The van der Waals surface area contributed by atoms with E-state index in [0.29, 0.717) is 12.0 Å². The van der Waals surface area contributed by atoms with Crippen LogP contribution < -0.4 is 5.73 Å². The van der Waals surface area contributed by atoms with Crippen LogP contribution in [0.15, 0.2) is 29.4 Å². The summed E-state index contributed by atoms with van der Waals surface area (Å²) in [4.78, 5) is 6.50. The van der Waals surface area contributed by atoms with Crippen molar-refractivity contribution in [2.45, 2.75) is 31.7 Å². The molecule has 0 atom stereocenters. The van der Waals surface area contributed by atoms with Crippen LogP contribution in [0.3, 0.4) is 0 Å². The van der Waals surface area contributed by atoms with Crippen LogP contribution in [0.1, 0.15) is 25.1 Å². The SMILES string of the molecule is CN(C(N)=NCCCc1nnc2ccccn12)C1CC1. The van der Waals surface area contributed by atoms with E-state index in [9.17, 15) is 0 Å². The molecule has 0 unspecified atom stereocenters. The first kappa shape index (κ1) is 12.9. The largest absolute Gasteiger partial charge is 0.370 e. The van der Waals surface area contributed by atoms with Crippen LogP contribution in [0.5, 0.6) is 0 Å². The lowest BCUT2D eigenvalue weighted by atomic mass is 10.3. The first-order valence-electron chi connectivity index (χ1n) is 7.07. The van der Waals surface area contributed by atoms with Crippen molar-refractivity contribution in [2.24, 2.45) is 10.7 Å². The fourth-order valence-corrected chi connectivity index (χ4v) is 2.25. The maximum Gasteiger partial charge on any atom is 0.191 e. The first-order chi connectivity index (χ1) is 9.75. The molecule has 6 heteroatoms. The Labute approximate surface area is 118 Å². The van der Waals surface area contributed by atoms with E-state index in [1.54, 1.807) is 0 Å². The van der Waals surface area contributed by atoms with Crippen molar-refractivity contribution in [3.05, 3.63) is 30.2 Å². The topological polar surface area (TPSA) is 71.8 Å². The van der Waals surface area contributed by atoms with Crippen LogP contribution in [0.4, 0.5) is 0 Å². The van der Waals surface area contributed by atoms with Crippen LogP contribution in [-0.4, -0.2) is 45.1 Å². The number of nitrogens with two attached hydrogens (primary N) is 1. The lowest BCUT2D eigenvalue weighted by Gasteiger charge is -2.16. The van der Waals surface area contributed by atoms with E-state index in [2.05, 4.69) is 20.1 Å². The molecule has 3 rings (SSSR count). The number of aryl methyl sites for hydroxylation is 1. The fourth-order valence-electron chi connectivity index (χ4n) is 2.25. The van der Waals surface area contributed by atoms with Crippen LogP contribution in [0, 0.1) is 0 Å². The third kappa shape index (κ3) is 2.74. The van der Waals surface area contributed by atoms with Gasteiger partial charge in [0.05, 0.1) is 0 Å². The van der Waals surface area contributed by atoms with E-state index in [1.807, 2.05) is 35.8 Å². The number of hydrogen-bond donors (Lipinski definition) is 1. The minimum absolute atomic E-state index is 0.610. The van der Waals surface area contributed by atoms with E-state index in [1.165, 1.54) is 12.8 Å². The summed E-state index contributed by atoms with van der Waals surface area (Å²) in [6, 6.07) is 6.52. The summed E-state index contributed by atoms with van der Waals surface area (Å²) in [6.45, 7) is 0.727. The lowest BCUT2D eigenvalue weighted by molar-refractivity contribution is 0.487. The van der Waals surface area contributed by atoms with Gasteiger partial charge in [0.1, 0.15) is 5.82 Å². The predicted octanol–water partition coefficient (Wildman–Crippen LogP) is 1.07. The van der Waals surface area contributed by atoms with Crippen molar-refractivity contribution in [3.8, 4) is 0 Å². The molecule has 1 saturated carbocycles. The molecule has 20 heavy (non-hydrogen) atoms. The highest BCUT2D eigenvalue weighted by Gasteiger charge is 2.27. The summed E-state index contributed by atoms with van der Waals surface area (Å²) in [5.74, 6) is 1.63. The standard InChI is InChI=1S/C14H20N6/c1-19(11-7-8-11)14(15)16-9-4-6-13-18-17-12-5-2-3-10-20(12)13/h2-3,5,10-11H,4,6-9H2,1H3,(H2,15,16). The Morgan fingerprint density at radius 2 is 2.30 bits per heavy atom. The second-order valence-corrected chi connectivity index (χ2v) is 5.23. The number of nitrogens with zero attached hydrogens (tertiary/aromatic N) is 5. The smallest absolute Gasteiger partial charge is 0.191 e. The molecule has 0 aromatic carbocycles. The molecule has 6 nitrogen and oxygen atoms in total. The van der Waals surface area contributed by atoms with Gasteiger partial charge in [-0.3, -0.25) is 9.39 Å². The van der Waals surface area contributed by atoms with Gasteiger partial charge in [-0.1, -0.05) is 6.07 Å². The molecule has 2 aromatic heterocycles. The number of aliphatic imine (C=N–C) groups is 1. The van der Waals surface area contributed by atoms with E-state index in [0.717, 1.165) is 30.9 Å². The maximum atomic E-state index is 5.95. The molecule has 0 aliphatic heterocycles. The summed E-state index contributed by atoms with van der Waals surface area (Å²) in [5, 5.41) is 8.34. The molecule has 2 heterocycles. The van der Waals surface area contributed by atoms with Crippen LogP contribution in [-0.2, 0) is 6.42 Å². The Bertz CT molecular complexity index is 613. The molecular weight excluding hydrogens is 252 g/mol. The number of fused-ring (bicyclic) bond motifs is 1. The Morgan fingerprint density at radius 1 is 1.45 bits per heavy atom. The normalized spacial score (nSPS) is 15.8. The van der Waals surface area contributed by atoms with Crippen LogP contribution in [0.2, 0.25) is 0 Å². The number of guanidine groups is 1. The average molecular weight is 272 g/mol. The average Bonchev–Trinajstić information content (AvgIpc) is 3.24. The summed E-state index contributed by atoms with van der Waals surface area (Å²) in [7, 11) is 2.02. The zero-order valence-corrected chi connectivity index (χ0v) is 11.7. The Kier molecular flexibility index (Phi) is 3.54. The second kappa shape index (κ2) is 5.48. The maximum absolute atomic E-state index is 5.95. The zero-order chi connectivity index (χ0) is 13.9. The third-order valence-electron chi connectivity index (χ3n) is 3.67. The van der Waals surface area contributed by atoms with Crippen LogP contribution in [0.25, 0.3) is 5.65 Å². The highest BCUT2D eigenvalue weighted by Crippen LogP contribution is 2.24. The number of pyridine rings is 1. The van der Waals surface area contributed by atoms with Gasteiger partial charge in [0.25, 0.3) is 0 Å². The number of aromatic nitrogens is 3. The van der Waals surface area contributed by atoms with E-state index < -0.39 is 0 Å². The van der Waals surface area contributed by atoms with Gasteiger partial charge in [-0.25, -0.2) is 0 Å². The number of hydrogen-bond acceptors (Lipinski definition) is 3. The van der Waals surface area contributed by atoms with E-state index >= 15 is 0 Å². The molecule has 0 amide bonds. The third-order valence-corrected chi connectivity index (χ3v) is 3.67. The fraction of sp³-hybridized carbons (Fsp3) is 0.500. The molecule has 2 aromatic rings. The van der Waals surface area contributed by atoms with Gasteiger partial charge >= 0.3 is 0 Å². The zero-order valence-electron chi connectivity index (χ0n) is 11.7. The summed E-state index contributed by atoms with van der Waals surface area (Å²) >= 11 is 0. The highest BCUT2D eigenvalue weighted by molar-refractivity contribution is 5.78. The minimum Gasteiger partial charge on any atom is -0.370 e. The van der Waals surface area contributed by atoms with Gasteiger partial charge in [0, 0.05) is 32.3 Å². The van der Waals surface area contributed by atoms with Gasteiger partial charge in [0.15, 0.2) is 11.6 Å². The molecular formula is C14H20N6. The molecule has 0 spiro atoms. The van der Waals surface area contributed by atoms with E-state index in [4.69, 9.17) is 5.73 Å². The molecule has 1 fully saturated rings. The van der Waals surface area contributed by atoms with Crippen molar-refractivity contribution >= 4 is 11.6 Å². The van der Waals surface area contributed by atoms with Crippen molar-refractivity contribution in [2.75, 3.05) is 13.6 Å². The van der Waals surface area contributed by atoms with Crippen molar-refractivity contribution in [1.82, 2.24) is 19.5 Å². The lowest BCUT2D eigenvalue weighted by Crippen LogP contribution is -2.35. The summed E-state index contributed by atoms with van der Waals surface area (Å²) in [6.07, 6.45) is 6.24. The Balaban J connectivity index is 1.53. The van der Waals surface area contributed by atoms with Crippen molar-refractivity contribution in [1.29, 1.82) is 0 Å².